The van der Waals surface area contributed by atoms with E-state index in [1.807, 2.05) is 0 Å². The molecule has 0 bridgehead atoms. The van der Waals surface area contributed by atoms with Gasteiger partial charge in [0, 0.05) is 11.8 Å². The number of hydrogen-bond acceptors (Lipinski definition) is 4. The third-order valence-corrected chi connectivity index (χ3v) is 2.95. The van der Waals surface area contributed by atoms with Gasteiger partial charge in [0.2, 0.25) is 0 Å². The van der Waals surface area contributed by atoms with Crippen molar-refractivity contribution in [1.29, 1.82) is 0 Å². The molecule has 2 aromatic rings. The Labute approximate surface area is 119 Å². The molecule has 20 heavy (non-hydrogen) atoms. The third kappa shape index (κ3) is 2.92. The van der Waals surface area contributed by atoms with Crippen molar-refractivity contribution in [2.45, 2.75) is 6.92 Å². The van der Waals surface area contributed by atoms with Crippen molar-refractivity contribution in [3.8, 4) is 0 Å². The fourth-order valence-corrected chi connectivity index (χ4v) is 1.91. The van der Waals surface area contributed by atoms with Crippen LogP contribution in [-0.2, 0) is 0 Å². The van der Waals surface area contributed by atoms with Gasteiger partial charge in [-0.05, 0) is 25.1 Å². The number of nitro benzene ring substituents is 1. The lowest BCUT2D eigenvalue weighted by atomic mass is 10.2. The van der Waals surface area contributed by atoms with Crippen LogP contribution in [0.1, 0.15) is 16.1 Å². The lowest BCUT2D eigenvalue weighted by Gasteiger charge is -2.06. The van der Waals surface area contributed by atoms with Crippen molar-refractivity contribution in [2.24, 2.45) is 0 Å². The maximum Gasteiger partial charge on any atom is 0.288 e. The summed E-state index contributed by atoms with van der Waals surface area (Å²) in [6.07, 6.45) is 0. The predicted molar refractivity (Wildman–Crippen MR) is 75.0 cm³/mol. The molecule has 2 rings (SSSR count). The number of aromatic nitrogens is 1. The van der Waals surface area contributed by atoms with E-state index in [1.165, 1.54) is 18.2 Å². The van der Waals surface area contributed by atoms with Crippen molar-refractivity contribution >= 4 is 29.0 Å². The first kappa shape index (κ1) is 14.0. The largest absolute Gasteiger partial charge is 0.307 e. The van der Waals surface area contributed by atoms with E-state index in [1.54, 1.807) is 25.1 Å². The first-order valence-electron chi connectivity index (χ1n) is 5.67. The van der Waals surface area contributed by atoms with E-state index in [0.717, 1.165) is 5.69 Å². The number of nitro groups is 1. The van der Waals surface area contributed by atoms with Gasteiger partial charge in [-0.2, -0.15) is 0 Å². The monoisotopic (exact) mass is 291 g/mol. The highest BCUT2D eigenvalue weighted by Gasteiger charge is 2.20. The summed E-state index contributed by atoms with van der Waals surface area (Å²) in [4.78, 5) is 26.3. The Bertz CT molecular complexity index is 688. The van der Waals surface area contributed by atoms with Gasteiger partial charge in [0.25, 0.3) is 11.6 Å². The quantitative estimate of drug-likeness (QED) is 0.695. The number of aryl methyl sites for hydroxylation is 1. The smallest absolute Gasteiger partial charge is 0.288 e. The molecule has 0 aliphatic rings. The molecule has 0 atom stereocenters. The number of nitrogens with zero attached hydrogens (tertiary/aromatic N) is 2. The van der Waals surface area contributed by atoms with Crippen LogP contribution < -0.4 is 5.32 Å². The zero-order valence-corrected chi connectivity index (χ0v) is 11.2. The van der Waals surface area contributed by atoms with E-state index in [-0.39, 0.29) is 16.3 Å². The van der Waals surface area contributed by atoms with Crippen molar-refractivity contribution < 1.29 is 9.72 Å². The molecule has 0 fully saturated rings. The van der Waals surface area contributed by atoms with E-state index in [0.29, 0.717) is 5.82 Å². The summed E-state index contributed by atoms with van der Waals surface area (Å²) in [7, 11) is 0. The van der Waals surface area contributed by atoms with Crippen molar-refractivity contribution in [3.63, 3.8) is 0 Å². The topological polar surface area (TPSA) is 85.1 Å². The van der Waals surface area contributed by atoms with Crippen LogP contribution in [0.2, 0.25) is 5.02 Å². The van der Waals surface area contributed by atoms with Gasteiger partial charge >= 0.3 is 0 Å². The molecule has 0 saturated heterocycles. The molecule has 0 radical (unpaired) electrons. The predicted octanol–water partition coefficient (Wildman–Crippen LogP) is 3.20. The molecule has 0 unspecified atom stereocenters. The van der Waals surface area contributed by atoms with Crippen LogP contribution in [0.3, 0.4) is 0 Å². The van der Waals surface area contributed by atoms with Crippen LogP contribution in [0, 0.1) is 17.0 Å². The van der Waals surface area contributed by atoms with Gasteiger partial charge in [-0.15, -0.1) is 0 Å². The van der Waals surface area contributed by atoms with Crippen molar-refractivity contribution in [1.82, 2.24) is 4.98 Å². The molecule has 1 amide bonds. The molecule has 1 heterocycles. The van der Waals surface area contributed by atoms with Crippen LogP contribution in [0.4, 0.5) is 11.5 Å². The number of anilines is 1. The summed E-state index contributed by atoms with van der Waals surface area (Å²) in [6.45, 7) is 1.79. The maximum atomic E-state index is 12.1. The van der Waals surface area contributed by atoms with Gasteiger partial charge in [0.15, 0.2) is 0 Å². The molecule has 1 aromatic carbocycles. The van der Waals surface area contributed by atoms with E-state index < -0.39 is 10.8 Å². The highest BCUT2D eigenvalue weighted by molar-refractivity contribution is 6.36. The average molecular weight is 292 g/mol. The summed E-state index contributed by atoms with van der Waals surface area (Å²) >= 11 is 5.87. The molecule has 7 heteroatoms. The van der Waals surface area contributed by atoms with Crippen LogP contribution >= 0.6 is 11.6 Å². The number of carbonyl (C=O) groups is 1. The molecule has 102 valence electrons. The Morgan fingerprint density at radius 1 is 1.30 bits per heavy atom. The minimum absolute atomic E-state index is 0.0316. The molecule has 0 aliphatic carbocycles. The zero-order chi connectivity index (χ0) is 14.7. The van der Waals surface area contributed by atoms with E-state index in [2.05, 4.69) is 10.3 Å². The minimum Gasteiger partial charge on any atom is -0.307 e. The van der Waals surface area contributed by atoms with Crippen LogP contribution in [0.15, 0.2) is 36.4 Å². The summed E-state index contributed by atoms with van der Waals surface area (Å²) in [6, 6.07) is 9.21. The zero-order valence-electron chi connectivity index (χ0n) is 10.5. The molecule has 1 aromatic heterocycles. The Balaban J connectivity index is 2.30. The minimum atomic E-state index is -0.635. The lowest BCUT2D eigenvalue weighted by molar-refractivity contribution is -0.384. The normalized spacial score (nSPS) is 10.1. The number of rotatable bonds is 3. The molecular formula is C13H10ClN3O3. The Kier molecular flexibility index (Phi) is 3.95. The standard InChI is InChI=1S/C13H10ClN3O3/c1-8-4-2-7-11(15-8)16-13(18)9-5-3-6-10(12(9)14)17(19)20/h2-7H,1H3,(H,15,16,18). The van der Waals surface area contributed by atoms with E-state index in [9.17, 15) is 14.9 Å². The molecular weight excluding hydrogens is 282 g/mol. The van der Waals surface area contributed by atoms with Gasteiger partial charge in [0.05, 0.1) is 10.5 Å². The second-order valence-corrected chi connectivity index (χ2v) is 4.39. The highest BCUT2D eigenvalue weighted by Crippen LogP contribution is 2.28. The second-order valence-electron chi connectivity index (χ2n) is 4.01. The number of nitrogens with one attached hydrogen (secondary N) is 1. The van der Waals surface area contributed by atoms with Crippen molar-refractivity contribution in [2.75, 3.05) is 5.32 Å². The Morgan fingerprint density at radius 2 is 2.00 bits per heavy atom. The van der Waals surface area contributed by atoms with Crippen LogP contribution in [0.25, 0.3) is 0 Å². The van der Waals surface area contributed by atoms with E-state index >= 15 is 0 Å². The molecule has 0 spiro atoms. The van der Waals surface area contributed by atoms with Gasteiger partial charge in [0.1, 0.15) is 10.8 Å². The fourth-order valence-electron chi connectivity index (χ4n) is 1.63. The van der Waals surface area contributed by atoms with E-state index in [4.69, 9.17) is 11.6 Å². The summed E-state index contributed by atoms with van der Waals surface area (Å²) in [5, 5.41) is 13.1. The second kappa shape index (κ2) is 5.66. The van der Waals surface area contributed by atoms with Crippen molar-refractivity contribution in [3.05, 3.63) is 62.8 Å². The number of hydrogen-bond donors (Lipinski definition) is 1. The molecule has 1 N–H and O–H groups in total. The number of pyridine rings is 1. The highest BCUT2D eigenvalue weighted by atomic mass is 35.5. The molecule has 6 nitrogen and oxygen atoms in total. The maximum absolute atomic E-state index is 12.1. The summed E-state index contributed by atoms with van der Waals surface area (Å²) < 4.78 is 0. The molecule has 0 aliphatic heterocycles. The first-order valence-corrected chi connectivity index (χ1v) is 6.05. The molecule has 0 saturated carbocycles. The van der Waals surface area contributed by atoms with Gasteiger partial charge in [-0.25, -0.2) is 4.98 Å². The first-order chi connectivity index (χ1) is 9.49. The number of carbonyl (C=O) groups excluding carboxylic acids is 1. The summed E-state index contributed by atoms with van der Waals surface area (Å²) in [5.41, 5.74) is 0.466. The lowest BCUT2D eigenvalue weighted by Crippen LogP contribution is -2.14. The van der Waals surface area contributed by atoms with Gasteiger partial charge < -0.3 is 5.32 Å². The number of amides is 1. The Hall–Kier alpha value is -2.47. The summed E-state index contributed by atoms with van der Waals surface area (Å²) in [5.74, 6) is -0.186. The van der Waals surface area contributed by atoms with Gasteiger partial charge in [-0.3, -0.25) is 14.9 Å². The average Bonchev–Trinajstić information content (AvgIpc) is 2.38. The fraction of sp³-hybridized carbons (Fsp3) is 0.0769. The Morgan fingerprint density at radius 3 is 2.65 bits per heavy atom. The van der Waals surface area contributed by atoms with Crippen LogP contribution in [0.5, 0.6) is 0 Å². The SMILES string of the molecule is Cc1cccc(NC(=O)c2cccc([N+](=O)[O-])c2Cl)n1. The number of benzene rings is 1. The third-order valence-electron chi connectivity index (χ3n) is 2.55. The van der Waals surface area contributed by atoms with Crippen LogP contribution in [-0.4, -0.2) is 15.8 Å². The number of halogens is 1. The van der Waals surface area contributed by atoms with Gasteiger partial charge in [-0.1, -0.05) is 23.7 Å².